The molecule has 0 unspecified atom stereocenters. The molecule has 3 rings (SSSR count). The molecule has 7 heteroatoms. The van der Waals surface area contributed by atoms with E-state index in [9.17, 15) is 9.50 Å². The van der Waals surface area contributed by atoms with Gasteiger partial charge in [0.1, 0.15) is 6.17 Å². The summed E-state index contributed by atoms with van der Waals surface area (Å²) in [6.45, 7) is 6.30. The topological polar surface area (TPSA) is 48.8 Å². The fourth-order valence-electron chi connectivity index (χ4n) is 3.59. The van der Waals surface area contributed by atoms with Crippen molar-refractivity contribution >= 4 is 11.3 Å². The second kappa shape index (κ2) is 7.11. The Labute approximate surface area is 141 Å². The highest BCUT2D eigenvalue weighted by atomic mass is 32.1. The number of aliphatic hydroxyl groups excluding tert-OH is 1. The number of aromatic nitrogens is 1. The van der Waals surface area contributed by atoms with Crippen LogP contribution >= 0.6 is 11.3 Å². The van der Waals surface area contributed by atoms with Gasteiger partial charge in [0.2, 0.25) is 0 Å². The summed E-state index contributed by atoms with van der Waals surface area (Å²) < 4.78 is 19.2. The van der Waals surface area contributed by atoms with Crippen LogP contribution in [0.2, 0.25) is 0 Å². The molecule has 23 heavy (non-hydrogen) atoms. The maximum absolute atomic E-state index is 14.0. The molecule has 0 aliphatic carbocycles. The Bertz CT molecular complexity index is 518. The van der Waals surface area contributed by atoms with Gasteiger partial charge >= 0.3 is 0 Å². The molecule has 0 radical (unpaired) electrons. The number of thiazole rings is 1. The van der Waals surface area contributed by atoms with Gasteiger partial charge in [0.25, 0.3) is 0 Å². The molecule has 2 aliphatic heterocycles. The first kappa shape index (κ1) is 17.2. The molecule has 0 spiro atoms. The quantitative estimate of drug-likeness (QED) is 0.809. The normalized spacial score (nSPS) is 27.5. The van der Waals surface area contributed by atoms with E-state index in [1.165, 1.54) is 4.88 Å². The van der Waals surface area contributed by atoms with E-state index < -0.39 is 6.17 Å². The van der Waals surface area contributed by atoms with Crippen molar-refractivity contribution in [3.8, 4) is 0 Å². The third-order valence-electron chi connectivity index (χ3n) is 4.95. The van der Waals surface area contributed by atoms with Crippen molar-refractivity contribution in [1.29, 1.82) is 0 Å². The molecule has 2 saturated heterocycles. The number of likely N-dealkylation sites (tertiary alicyclic amines) is 1. The smallest absolute Gasteiger partial charge is 0.114 e. The lowest BCUT2D eigenvalue weighted by Crippen LogP contribution is -2.54. The number of aliphatic hydroxyl groups is 1. The summed E-state index contributed by atoms with van der Waals surface area (Å²) in [4.78, 5) is 9.97. The van der Waals surface area contributed by atoms with Crippen LogP contribution < -0.4 is 0 Å². The monoisotopic (exact) mass is 343 g/mol. The molecular weight excluding hydrogens is 317 g/mol. The lowest BCUT2D eigenvalue weighted by molar-refractivity contribution is -0.147. The molecule has 2 atom stereocenters. The van der Waals surface area contributed by atoms with Crippen LogP contribution in [-0.4, -0.2) is 78.6 Å². The molecular formula is C16H26FN3O2S. The Balaban J connectivity index is 1.57. The zero-order valence-corrected chi connectivity index (χ0v) is 14.7. The molecule has 1 N–H and O–H groups in total. The molecule has 3 heterocycles. The first-order valence-electron chi connectivity index (χ1n) is 8.15. The lowest BCUT2D eigenvalue weighted by atomic mass is 9.86. The number of hydrogen-bond donors (Lipinski definition) is 1. The van der Waals surface area contributed by atoms with Gasteiger partial charge in [0.15, 0.2) is 0 Å². The summed E-state index contributed by atoms with van der Waals surface area (Å²) in [6.07, 6.45) is -0.161. The molecule has 1 aromatic heterocycles. The second-order valence-electron chi connectivity index (χ2n) is 7.12. The van der Waals surface area contributed by atoms with E-state index >= 15 is 0 Å². The summed E-state index contributed by atoms with van der Waals surface area (Å²) >= 11 is 1.65. The molecule has 0 amide bonds. The molecule has 0 bridgehead atoms. The standard InChI is InChI=1S/C16H26FN3O2S/c1-12-15(23-11-18-12)6-20-4-13(17)3-14(20)5-19(2)7-16(8-21)9-22-10-16/h11,13-14,21H,3-10H2,1-2H3/t13-,14-/m0/s1. The van der Waals surface area contributed by atoms with Crippen molar-refractivity contribution in [2.75, 3.05) is 46.5 Å². The number of nitrogens with zero attached hydrogens (tertiary/aromatic N) is 3. The Kier molecular flexibility index (Phi) is 5.32. The van der Waals surface area contributed by atoms with Gasteiger partial charge in [-0.25, -0.2) is 9.37 Å². The van der Waals surface area contributed by atoms with E-state index in [0.717, 1.165) is 25.3 Å². The van der Waals surface area contributed by atoms with E-state index in [-0.39, 0.29) is 18.1 Å². The molecule has 2 fully saturated rings. The predicted molar refractivity (Wildman–Crippen MR) is 88.4 cm³/mol. The van der Waals surface area contributed by atoms with Gasteiger partial charge in [-0.2, -0.15) is 0 Å². The molecule has 1 aromatic rings. The SMILES string of the molecule is Cc1ncsc1CN1C[C@@H](F)C[C@H]1CN(C)CC1(CO)COC1. The molecule has 0 aromatic carbocycles. The number of rotatable bonds is 7. The van der Waals surface area contributed by atoms with Crippen LogP contribution in [0, 0.1) is 12.3 Å². The average molecular weight is 343 g/mol. The van der Waals surface area contributed by atoms with E-state index in [4.69, 9.17) is 4.74 Å². The number of hydrogen-bond acceptors (Lipinski definition) is 6. The third kappa shape index (κ3) is 3.91. The first-order valence-corrected chi connectivity index (χ1v) is 9.03. The Morgan fingerprint density at radius 3 is 2.91 bits per heavy atom. The maximum Gasteiger partial charge on any atom is 0.114 e. The van der Waals surface area contributed by atoms with Gasteiger partial charge < -0.3 is 14.7 Å². The predicted octanol–water partition coefficient (Wildman–Crippen LogP) is 1.30. The minimum Gasteiger partial charge on any atom is -0.396 e. The van der Waals surface area contributed by atoms with Gasteiger partial charge in [0.05, 0.1) is 36.4 Å². The highest BCUT2D eigenvalue weighted by molar-refractivity contribution is 7.09. The number of ether oxygens (including phenoxy) is 1. The molecule has 0 saturated carbocycles. The van der Waals surface area contributed by atoms with E-state index in [1.54, 1.807) is 11.3 Å². The van der Waals surface area contributed by atoms with Gasteiger partial charge in [0, 0.05) is 37.1 Å². The fourth-order valence-corrected chi connectivity index (χ4v) is 4.39. The summed E-state index contributed by atoms with van der Waals surface area (Å²) in [5.41, 5.74) is 2.79. The van der Waals surface area contributed by atoms with Crippen LogP contribution in [0.1, 0.15) is 17.0 Å². The summed E-state index contributed by atoms with van der Waals surface area (Å²) in [6, 6.07) is 0.216. The highest BCUT2D eigenvalue weighted by Crippen LogP contribution is 2.29. The Morgan fingerprint density at radius 1 is 1.57 bits per heavy atom. The van der Waals surface area contributed by atoms with Crippen molar-refractivity contribution in [3.05, 3.63) is 16.1 Å². The molecule has 130 valence electrons. The number of halogens is 1. The van der Waals surface area contributed by atoms with Gasteiger partial charge in [-0.3, -0.25) is 4.90 Å². The largest absolute Gasteiger partial charge is 0.396 e. The first-order chi connectivity index (χ1) is 11.0. The Hall–Kier alpha value is -0.600. The van der Waals surface area contributed by atoms with E-state index in [2.05, 4.69) is 21.8 Å². The van der Waals surface area contributed by atoms with Crippen LogP contribution in [0.5, 0.6) is 0 Å². The summed E-state index contributed by atoms with van der Waals surface area (Å²) in [5, 5.41) is 9.56. The second-order valence-corrected chi connectivity index (χ2v) is 8.06. The van der Waals surface area contributed by atoms with Crippen LogP contribution in [0.3, 0.4) is 0 Å². The summed E-state index contributed by atoms with van der Waals surface area (Å²) in [5.74, 6) is 0. The van der Waals surface area contributed by atoms with Gasteiger partial charge in [-0.05, 0) is 20.4 Å². The number of alkyl halides is 1. The zero-order chi connectivity index (χ0) is 16.4. The van der Waals surface area contributed by atoms with Crippen molar-refractivity contribution < 1.29 is 14.2 Å². The molecule has 5 nitrogen and oxygen atoms in total. The van der Waals surface area contributed by atoms with Crippen LogP contribution in [0.15, 0.2) is 5.51 Å². The minimum absolute atomic E-state index is 0.123. The van der Waals surface area contributed by atoms with Crippen molar-refractivity contribution in [2.24, 2.45) is 5.41 Å². The van der Waals surface area contributed by atoms with Crippen molar-refractivity contribution in [3.63, 3.8) is 0 Å². The fraction of sp³-hybridized carbons (Fsp3) is 0.812. The average Bonchev–Trinajstić information content (AvgIpc) is 3.01. The van der Waals surface area contributed by atoms with Crippen LogP contribution in [-0.2, 0) is 11.3 Å². The van der Waals surface area contributed by atoms with E-state index in [0.29, 0.717) is 26.2 Å². The lowest BCUT2D eigenvalue weighted by Gasteiger charge is -2.43. The van der Waals surface area contributed by atoms with Gasteiger partial charge in [-0.15, -0.1) is 11.3 Å². The van der Waals surface area contributed by atoms with Crippen LogP contribution in [0.25, 0.3) is 0 Å². The minimum atomic E-state index is -0.750. The third-order valence-corrected chi connectivity index (χ3v) is 5.87. The number of likely N-dealkylation sites (N-methyl/N-ethyl adjacent to an activating group) is 1. The number of aryl methyl sites for hydroxylation is 1. The molecule has 2 aliphatic rings. The van der Waals surface area contributed by atoms with Crippen LogP contribution in [0.4, 0.5) is 4.39 Å². The van der Waals surface area contributed by atoms with Crippen molar-refractivity contribution in [1.82, 2.24) is 14.8 Å². The summed E-state index contributed by atoms with van der Waals surface area (Å²) in [7, 11) is 2.05. The maximum atomic E-state index is 14.0. The van der Waals surface area contributed by atoms with Crippen molar-refractivity contribution in [2.45, 2.75) is 32.1 Å². The Morgan fingerprint density at radius 2 is 2.35 bits per heavy atom. The van der Waals surface area contributed by atoms with Gasteiger partial charge in [-0.1, -0.05) is 0 Å². The zero-order valence-electron chi connectivity index (χ0n) is 13.9. The highest BCUT2D eigenvalue weighted by Gasteiger charge is 2.40. The van der Waals surface area contributed by atoms with E-state index in [1.807, 2.05) is 12.4 Å².